The van der Waals surface area contributed by atoms with Crippen LogP contribution < -0.4 is 14.2 Å². The number of furan rings is 1. The van der Waals surface area contributed by atoms with E-state index in [0.717, 1.165) is 24.3 Å². The third-order valence-electron chi connectivity index (χ3n) is 3.43. The van der Waals surface area contributed by atoms with Gasteiger partial charge in [-0.2, -0.15) is 0 Å². The van der Waals surface area contributed by atoms with Crippen LogP contribution in [0.3, 0.4) is 0 Å². The first kappa shape index (κ1) is 20.6. The Labute approximate surface area is 163 Å². The zero-order valence-electron chi connectivity index (χ0n) is 14.6. The van der Waals surface area contributed by atoms with Crippen molar-refractivity contribution in [2.45, 2.75) is 11.3 Å². The van der Waals surface area contributed by atoms with E-state index >= 15 is 0 Å². The van der Waals surface area contributed by atoms with E-state index < -0.39 is 22.1 Å². The second kappa shape index (κ2) is 8.49. The molecule has 0 aliphatic heterocycles. The minimum absolute atomic E-state index is 0.0384. The van der Waals surface area contributed by atoms with E-state index in [1.165, 1.54) is 6.26 Å². The van der Waals surface area contributed by atoms with Gasteiger partial charge >= 0.3 is 6.36 Å². The van der Waals surface area contributed by atoms with Gasteiger partial charge in [0.15, 0.2) is 5.76 Å². The van der Waals surface area contributed by atoms with Crippen LogP contribution in [0.25, 0.3) is 11.5 Å². The number of hydrogen-bond donors (Lipinski definition) is 1. The predicted octanol–water partition coefficient (Wildman–Crippen LogP) is 2.99. The molecule has 0 amide bonds. The molecule has 2 heterocycles. The first-order chi connectivity index (χ1) is 13.7. The Morgan fingerprint density at radius 3 is 2.38 bits per heavy atom. The number of halogens is 3. The van der Waals surface area contributed by atoms with Gasteiger partial charge < -0.3 is 13.9 Å². The zero-order chi connectivity index (χ0) is 20.9. The third-order valence-corrected chi connectivity index (χ3v) is 4.90. The predicted molar refractivity (Wildman–Crippen MR) is 93.5 cm³/mol. The molecule has 8 nitrogen and oxygen atoms in total. The highest BCUT2D eigenvalue weighted by Crippen LogP contribution is 2.23. The fourth-order valence-corrected chi connectivity index (χ4v) is 3.20. The molecule has 12 heteroatoms. The average Bonchev–Trinajstić information content (AvgIpc) is 3.20. The van der Waals surface area contributed by atoms with Crippen LogP contribution in [0.5, 0.6) is 11.6 Å². The number of nitrogens with zero attached hydrogens (tertiary/aromatic N) is 2. The molecule has 0 aliphatic carbocycles. The van der Waals surface area contributed by atoms with Gasteiger partial charge in [-0.05, 0) is 42.5 Å². The van der Waals surface area contributed by atoms with E-state index in [4.69, 9.17) is 9.15 Å². The van der Waals surface area contributed by atoms with E-state index in [0.29, 0.717) is 11.5 Å². The summed E-state index contributed by atoms with van der Waals surface area (Å²) in [4.78, 5) is -0.213. The van der Waals surface area contributed by atoms with Crippen LogP contribution in [0, 0.1) is 0 Å². The summed E-state index contributed by atoms with van der Waals surface area (Å²) in [5.41, 5.74) is 0.515. The van der Waals surface area contributed by atoms with Crippen LogP contribution in [0.2, 0.25) is 0 Å². The highest BCUT2D eigenvalue weighted by atomic mass is 32.2. The van der Waals surface area contributed by atoms with Gasteiger partial charge in [-0.3, -0.25) is 0 Å². The standard InChI is InChI=1S/C17H14F3N3O5S/c18-17(19,20)28-12-3-5-13(6-4-12)29(24,25)21-9-11-27-16-8-7-14(22-23-16)15-2-1-10-26-15/h1-8,10,21H,9,11H2. The molecule has 0 saturated heterocycles. The van der Waals surface area contributed by atoms with Crippen LogP contribution in [0.1, 0.15) is 0 Å². The van der Waals surface area contributed by atoms with Crippen molar-refractivity contribution in [2.24, 2.45) is 0 Å². The molecule has 1 aromatic carbocycles. The smallest absolute Gasteiger partial charge is 0.475 e. The number of sulfonamides is 1. The van der Waals surface area contributed by atoms with Gasteiger partial charge in [0.2, 0.25) is 15.9 Å². The lowest BCUT2D eigenvalue weighted by atomic mass is 10.3. The van der Waals surface area contributed by atoms with Crippen molar-refractivity contribution in [2.75, 3.05) is 13.2 Å². The lowest BCUT2D eigenvalue weighted by molar-refractivity contribution is -0.274. The Morgan fingerprint density at radius 1 is 1.03 bits per heavy atom. The fraction of sp³-hybridized carbons (Fsp3) is 0.176. The maximum absolute atomic E-state index is 12.1. The first-order valence-corrected chi connectivity index (χ1v) is 9.57. The molecule has 2 aromatic heterocycles. The maximum Gasteiger partial charge on any atom is 0.573 e. The molecule has 154 valence electrons. The minimum atomic E-state index is -4.85. The summed E-state index contributed by atoms with van der Waals surface area (Å²) < 4.78 is 77.2. The molecule has 29 heavy (non-hydrogen) atoms. The first-order valence-electron chi connectivity index (χ1n) is 8.09. The molecule has 1 N–H and O–H groups in total. The van der Waals surface area contributed by atoms with Gasteiger partial charge in [-0.1, -0.05) is 0 Å². The Hall–Kier alpha value is -3.12. The number of alkyl halides is 3. The second-order valence-corrected chi connectivity index (χ2v) is 7.27. The summed E-state index contributed by atoms with van der Waals surface area (Å²) in [7, 11) is -3.93. The molecule has 0 fully saturated rings. The molecule has 3 aromatic rings. The SMILES string of the molecule is O=S(=O)(NCCOc1ccc(-c2ccco2)nn1)c1ccc(OC(F)(F)F)cc1. The fourth-order valence-electron chi connectivity index (χ4n) is 2.19. The molecule has 0 unspecified atom stereocenters. The third kappa shape index (κ3) is 5.93. The summed E-state index contributed by atoms with van der Waals surface area (Å²) in [6, 6.07) is 10.5. The Bertz CT molecular complexity index is 1020. The van der Waals surface area contributed by atoms with Crippen LogP contribution >= 0.6 is 0 Å². The van der Waals surface area contributed by atoms with Gasteiger partial charge in [-0.15, -0.1) is 23.4 Å². The van der Waals surface area contributed by atoms with E-state index in [1.807, 2.05) is 0 Å². The van der Waals surface area contributed by atoms with Crippen LogP contribution in [-0.2, 0) is 10.0 Å². The van der Waals surface area contributed by atoms with E-state index in [-0.39, 0.29) is 23.9 Å². The highest BCUT2D eigenvalue weighted by Gasteiger charge is 2.31. The van der Waals surface area contributed by atoms with Crippen molar-refractivity contribution in [3.8, 4) is 23.1 Å². The van der Waals surface area contributed by atoms with Crippen LogP contribution in [0.4, 0.5) is 13.2 Å². The molecule has 0 spiro atoms. The number of aromatic nitrogens is 2. The van der Waals surface area contributed by atoms with Crippen molar-refractivity contribution >= 4 is 10.0 Å². The molecular formula is C17H14F3N3O5S. The second-order valence-electron chi connectivity index (χ2n) is 5.50. The van der Waals surface area contributed by atoms with Gasteiger partial charge in [0, 0.05) is 12.6 Å². The monoisotopic (exact) mass is 429 g/mol. The van der Waals surface area contributed by atoms with Gasteiger partial charge in [0.25, 0.3) is 0 Å². The average molecular weight is 429 g/mol. The molecule has 3 rings (SSSR count). The van der Waals surface area contributed by atoms with E-state index in [1.54, 1.807) is 24.3 Å². The van der Waals surface area contributed by atoms with Crippen molar-refractivity contribution in [1.29, 1.82) is 0 Å². The number of rotatable bonds is 8. The molecule has 0 saturated carbocycles. The lowest BCUT2D eigenvalue weighted by Crippen LogP contribution is -2.28. The molecule has 0 atom stereocenters. The molecule has 0 aliphatic rings. The summed E-state index contributed by atoms with van der Waals surface area (Å²) in [5, 5.41) is 7.78. The Morgan fingerprint density at radius 2 is 1.79 bits per heavy atom. The maximum atomic E-state index is 12.1. The number of nitrogens with one attached hydrogen (secondary N) is 1. The van der Waals surface area contributed by atoms with Crippen molar-refractivity contribution in [3.05, 3.63) is 54.8 Å². The quantitative estimate of drug-likeness (QED) is 0.549. The Kier molecular flexibility index (Phi) is 6.03. The van der Waals surface area contributed by atoms with Crippen molar-refractivity contribution in [3.63, 3.8) is 0 Å². The van der Waals surface area contributed by atoms with Gasteiger partial charge in [-0.25, -0.2) is 13.1 Å². The molecular weight excluding hydrogens is 415 g/mol. The zero-order valence-corrected chi connectivity index (χ0v) is 15.4. The number of hydrogen-bond acceptors (Lipinski definition) is 7. The van der Waals surface area contributed by atoms with Gasteiger partial charge in [0.1, 0.15) is 18.1 Å². The largest absolute Gasteiger partial charge is 0.573 e. The van der Waals surface area contributed by atoms with E-state index in [2.05, 4.69) is 19.7 Å². The summed E-state index contributed by atoms with van der Waals surface area (Å²) >= 11 is 0. The number of ether oxygens (including phenoxy) is 2. The number of benzene rings is 1. The molecule has 0 bridgehead atoms. The van der Waals surface area contributed by atoms with Crippen LogP contribution in [0.15, 0.2) is 64.1 Å². The topological polar surface area (TPSA) is 104 Å². The molecule has 0 radical (unpaired) electrons. The van der Waals surface area contributed by atoms with E-state index in [9.17, 15) is 21.6 Å². The summed E-state index contributed by atoms with van der Waals surface area (Å²) in [6.07, 6.45) is -3.35. The van der Waals surface area contributed by atoms with Crippen LogP contribution in [-0.4, -0.2) is 38.1 Å². The highest BCUT2D eigenvalue weighted by molar-refractivity contribution is 7.89. The minimum Gasteiger partial charge on any atom is -0.475 e. The normalized spacial score (nSPS) is 12.0. The summed E-state index contributed by atoms with van der Waals surface area (Å²) in [6.45, 7) is -0.131. The lowest BCUT2D eigenvalue weighted by Gasteiger charge is -2.10. The Balaban J connectivity index is 1.49. The van der Waals surface area contributed by atoms with Crippen molar-refractivity contribution < 1.29 is 35.5 Å². The van der Waals surface area contributed by atoms with Crippen molar-refractivity contribution in [1.82, 2.24) is 14.9 Å². The van der Waals surface area contributed by atoms with Gasteiger partial charge in [0.05, 0.1) is 11.2 Å². The summed E-state index contributed by atoms with van der Waals surface area (Å²) in [5.74, 6) is 0.216.